The molecular formula is C19H18FNO3. The number of esters is 1. The van der Waals surface area contributed by atoms with Gasteiger partial charge in [-0.05, 0) is 29.7 Å². The summed E-state index contributed by atoms with van der Waals surface area (Å²) in [6, 6.07) is 12.3. The average Bonchev–Trinajstić information content (AvgIpc) is 2.62. The monoisotopic (exact) mass is 327 g/mol. The molecule has 0 spiro atoms. The summed E-state index contributed by atoms with van der Waals surface area (Å²) in [5.74, 6) is -1.40. The van der Waals surface area contributed by atoms with E-state index in [0.29, 0.717) is 25.2 Å². The van der Waals surface area contributed by atoms with E-state index in [1.165, 1.54) is 6.07 Å². The van der Waals surface area contributed by atoms with Crippen molar-refractivity contribution in [3.05, 3.63) is 71.0 Å². The Balaban J connectivity index is 1.84. The Morgan fingerprint density at radius 2 is 2.00 bits per heavy atom. The van der Waals surface area contributed by atoms with Gasteiger partial charge in [-0.1, -0.05) is 36.4 Å². The first-order valence-corrected chi connectivity index (χ1v) is 7.73. The van der Waals surface area contributed by atoms with Crippen LogP contribution in [0.15, 0.2) is 48.5 Å². The van der Waals surface area contributed by atoms with Crippen molar-refractivity contribution >= 4 is 17.2 Å². The Bertz CT molecular complexity index is 772. The number of nitrogens with two attached hydrogens (primary N) is 1. The summed E-state index contributed by atoms with van der Waals surface area (Å²) in [6.07, 6.45) is 2.41. The lowest BCUT2D eigenvalue weighted by Gasteiger charge is -2.16. The molecule has 0 unspecified atom stereocenters. The second kappa shape index (κ2) is 7.27. The molecule has 0 bridgehead atoms. The molecule has 0 saturated carbocycles. The van der Waals surface area contributed by atoms with Gasteiger partial charge in [0.15, 0.2) is 0 Å². The van der Waals surface area contributed by atoms with E-state index in [2.05, 4.69) is 0 Å². The predicted octanol–water partition coefficient (Wildman–Crippen LogP) is 3.57. The summed E-state index contributed by atoms with van der Waals surface area (Å²) in [6.45, 7) is 1.04. The zero-order chi connectivity index (χ0) is 16.9. The molecule has 1 heterocycles. The first-order chi connectivity index (χ1) is 11.7. The summed E-state index contributed by atoms with van der Waals surface area (Å²) in [4.78, 5) is 12.3. The predicted molar refractivity (Wildman–Crippen MR) is 89.8 cm³/mol. The minimum Gasteiger partial charge on any atom is -0.457 e. The van der Waals surface area contributed by atoms with E-state index in [1.807, 2.05) is 36.4 Å². The number of carbonyl (C=O) groups excluding carboxylic acids is 1. The zero-order valence-electron chi connectivity index (χ0n) is 13.1. The van der Waals surface area contributed by atoms with Gasteiger partial charge in [-0.3, -0.25) is 0 Å². The van der Waals surface area contributed by atoms with Crippen molar-refractivity contribution in [1.82, 2.24) is 0 Å². The molecule has 2 N–H and O–H groups in total. The van der Waals surface area contributed by atoms with Gasteiger partial charge in [-0.25, -0.2) is 9.18 Å². The van der Waals surface area contributed by atoms with Crippen LogP contribution in [0.5, 0.6) is 0 Å². The normalized spacial score (nSPS) is 14.1. The lowest BCUT2D eigenvalue weighted by Crippen LogP contribution is -2.13. The van der Waals surface area contributed by atoms with Crippen LogP contribution < -0.4 is 5.73 Å². The van der Waals surface area contributed by atoms with Gasteiger partial charge in [-0.15, -0.1) is 0 Å². The highest BCUT2D eigenvalue weighted by Gasteiger charge is 2.22. The van der Waals surface area contributed by atoms with Crippen LogP contribution >= 0.6 is 0 Å². The van der Waals surface area contributed by atoms with Crippen molar-refractivity contribution in [2.75, 3.05) is 18.9 Å². The minimum atomic E-state index is -0.761. The Labute approximate surface area is 139 Å². The molecule has 0 radical (unpaired) electrons. The van der Waals surface area contributed by atoms with Crippen molar-refractivity contribution in [1.29, 1.82) is 0 Å². The second-order valence-electron chi connectivity index (χ2n) is 5.51. The Morgan fingerprint density at radius 3 is 2.71 bits per heavy atom. The molecular weight excluding hydrogens is 309 g/mol. The Kier molecular flexibility index (Phi) is 4.91. The van der Waals surface area contributed by atoms with Gasteiger partial charge in [0.1, 0.15) is 18.0 Å². The molecule has 0 aliphatic carbocycles. The van der Waals surface area contributed by atoms with Gasteiger partial charge in [0.05, 0.1) is 13.2 Å². The third-order valence-corrected chi connectivity index (χ3v) is 3.90. The fraction of sp³-hybridized carbons (Fsp3) is 0.211. The third-order valence-electron chi connectivity index (χ3n) is 3.90. The molecule has 2 aromatic rings. The maximum atomic E-state index is 14.8. The third kappa shape index (κ3) is 3.46. The van der Waals surface area contributed by atoms with Crippen molar-refractivity contribution in [2.45, 2.75) is 13.0 Å². The quantitative estimate of drug-likeness (QED) is 0.689. The van der Waals surface area contributed by atoms with Crippen LogP contribution in [0.25, 0.3) is 5.57 Å². The molecule has 0 saturated heterocycles. The largest absolute Gasteiger partial charge is 0.457 e. The van der Waals surface area contributed by atoms with E-state index in [-0.39, 0.29) is 17.9 Å². The molecule has 1 aliphatic heterocycles. The summed E-state index contributed by atoms with van der Waals surface area (Å²) >= 11 is 0. The maximum Gasteiger partial charge on any atom is 0.343 e. The number of nitrogen functional groups attached to an aromatic ring is 1. The minimum absolute atomic E-state index is 0.0688. The molecule has 4 nitrogen and oxygen atoms in total. The van der Waals surface area contributed by atoms with Gasteiger partial charge in [-0.2, -0.15) is 0 Å². The molecule has 5 heteroatoms. The van der Waals surface area contributed by atoms with E-state index < -0.39 is 11.8 Å². The van der Waals surface area contributed by atoms with Crippen molar-refractivity contribution in [3.8, 4) is 0 Å². The molecule has 0 atom stereocenters. The number of ether oxygens (including phenoxy) is 2. The van der Waals surface area contributed by atoms with E-state index in [4.69, 9.17) is 15.2 Å². The molecule has 124 valence electrons. The van der Waals surface area contributed by atoms with E-state index in [0.717, 1.165) is 11.1 Å². The molecule has 2 aromatic carbocycles. The fourth-order valence-corrected chi connectivity index (χ4v) is 2.61. The van der Waals surface area contributed by atoms with Gasteiger partial charge in [0.25, 0.3) is 0 Å². The number of hydrogen-bond acceptors (Lipinski definition) is 4. The number of halogens is 1. The Hall–Kier alpha value is -2.66. The molecule has 0 fully saturated rings. The standard InChI is InChI=1S/C19H18FNO3/c20-18-15(14-8-10-23-11-9-14)6-7-16(21)17(18)19(22)24-12-13-4-2-1-3-5-13/h1-8H,9-12,21H2. The van der Waals surface area contributed by atoms with Crippen molar-refractivity contribution in [2.24, 2.45) is 0 Å². The lowest BCUT2D eigenvalue weighted by atomic mass is 9.97. The second-order valence-corrected chi connectivity index (χ2v) is 5.51. The van der Waals surface area contributed by atoms with E-state index in [9.17, 15) is 9.18 Å². The number of rotatable bonds is 4. The highest BCUT2D eigenvalue weighted by atomic mass is 19.1. The SMILES string of the molecule is Nc1ccc(C2=CCOCC2)c(F)c1C(=O)OCc1ccccc1. The Morgan fingerprint density at radius 1 is 1.21 bits per heavy atom. The molecule has 0 amide bonds. The zero-order valence-corrected chi connectivity index (χ0v) is 13.1. The van der Waals surface area contributed by atoms with E-state index >= 15 is 0 Å². The van der Waals surface area contributed by atoms with Crippen LogP contribution in [0.1, 0.15) is 27.9 Å². The lowest BCUT2D eigenvalue weighted by molar-refractivity contribution is 0.0468. The summed E-state index contributed by atoms with van der Waals surface area (Å²) < 4.78 is 25.3. The van der Waals surface area contributed by atoms with Crippen LogP contribution in [0, 0.1) is 5.82 Å². The first kappa shape index (κ1) is 16.2. The van der Waals surface area contributed by atoms with Crippen LogP contribution in [0.3, 0.4) is 0 Å². The average molecular weight is 327 g/mol. The van der Waals surface area contributed by atoms with Crippen LogP contribution in [0.4, 0.5) is 10.1 Å². The molecule has 1 aliphatic rings. The number of carbonyl (C=O) groups is 1. The van der Waals surface area contributed by atoms with Gasteiger partial charge in [0, 0.05) is 11.3 Å². The van der Waals surface area contributed by atoms with Crippen molar-refractivity contribution in [3.63, 3.8) is 0 Å². The van der Waals surface area contributed by atoms with Crippen molar-refractivity contribution < 1.29 is 18.7 Å². The first-order valence-electron chi connectivity index (χ1n) is 7.73. The number of hydrogen-bond donors (Lipinski definition) is 1. The number of benzene rings is 2. The maximum absolute atomic E-state index is 14.8. The van der Waals surface area contributed by atoms with Gasteiger partial charge < -0.3 is 15.2 Å². The topological polar surface area (TPSA) is 61.5 Å². The van der Waals surface area contributed by atoms with Crippen LogP contribution in [0.2, 0.25) is 0 Å². The number of anilines is 1. The van der Waals surface area contributed by atoms with E-state index in [1.54, 1.807) is 6.07 Å². The smallest absolute Gasteiger partial charge is 0.343 e. The summed E-state index contributed by atoms with van der Waals surface area (Å²) in [5.41, 5.74) is 7.68. The highest BCUT2D eigenvalue weighted by Crippen LogP contribution is 2.29. The molecule has 24 heavy (non-hydrogen) atoms. The molecule has 0 aromatic heterocycles. The summed E-state index contributed by atoms with van der Waals surface area (Å²) in [5, 5.41) is 0. The van der Waals surface area contributed by atoms with Crippen LogP contribution in [-0.4, -0.2) is 19.2 Å². The highest BCUT2D eigenvalue weighted by molar-refractivity contribution is 5.96. The van der Waals surface area contributed by atoms with Crippen LogP contribution in [-0.2, 0) is 16.1 Å². The summed E-state index contributed by atoms with van der Waals surface area (Å²) in [7, 11) is 0. The van der Waals surface area contributed by atoms with Gasteiger partial charge in [0.2, 0.25) is 0 Å². The molecule has 3 rings (SSSR count). The van der Waals surface area contributed by atoms with Gasteiger partial charge >= 0.3 is 5.97 Å². The fourth-order valence-electron chi connectivity index (χ4n) is 2.61.